The lowest BCUT2D eigenvalue weighted by atomic mass is 10.3. The van der Waals surface area contributed by atoms with Gasteiger partial charge in [-0.2, -0.15) is 9.57 Å². The van der Waals surface area contributed by atoms with Gasteiger partial charge in [-0.25, -0.2) is 8.42 Å². The first-order valence-corrected chi connectivity index (χ1v) is 6.95. The topological polar surface area (TPSA) is 79.6 Å². The summed E-state index contributed by atoms with van der Waals surface area (Å²) in [5, 5.41) is 7.86. The fourth-order valence-corrected chi connectivity index (χ4v) is 3.54. The molecule has 1 saturated heterocycles. The minimum Gasteiger partial charge on any atom is -0.377 e. The van der Waals surface area contributed by atoms with E-state index in [0.717, 1.165) is 0 Å². The Labute approximate surface area is 102 Å². The van der Waals surface area contributed by atoms with Crippen molar-refractivity contribution >= 4 is 10.0 Å². The number of methoxy groups -OCH3 is 2. The number of ether oxygens (including phenoxy) is 2. The molecule has 3 unspecified atom stereocenters. The van der Waals surface area contributed by atoms with Gasteiger partial charge < -0.3 is 9.47 Å². The summed E-state index contributed by atoms with van der Waals surface area (Å²) in [6.45, 7) is 2.17. The van der Waals surface area contributed by atoms with Gasteiger partial charge in [0.05, 0.1) is 18.3 Å². The summed E-state index contributed by atoms with van der Waals surface area (Å²) in [6.07, 6.45) is -0.262. The molecule has 1 aliphatic rings. The highest BCUT2D eigenvalue weighted by molar-refractivity contribution is 7.90. The highest BCUT2D eigenvalue weighted by atomic mass is 32.2. The predicted octanol–water partition coefficient (Wildman–Crippen LogP) is -0.0360. The average molecular weight is 262 g/mol. The Kier molecular flexibility index (Phi) is 4.89. The first kappa shape index (κ1) is 14.4. The van der Waals surface area contributed by atoms with E-state index in [4.69, 9.17) is 14.7 Å². The van der Waals surface area contributed by atoms with E-state index >= 15 is 0 Å². The van der Waals surface area contributed by atoms with Crippen LogP contribution in [0.2, 0.25) is 0 Å². The SMILES string of the molecule is CCC(C#N)S(=O)(=O)N1CC(OC)C(OC)C1. The van der Waals surface area contributed by atoms with Crippen LogP contribution in [0.1, 0.15) is 13.3 Å². The summed E-state index contributed by atoms with van der Waals surface area (Å²) in [5.41, 5.74) is 0. The molecule has 0 N–H and O–H groups in total. The Morgan fingerprint density at radius 1 is 1.35 bits per heavy atom. The van der Waals surface area contributed by atoms with E-state index in [1.165, 1.54) is 18.5 Å². The minimum atomic E-state index is -3.57. The maximum Gasteiger partial charge on any atom is 0.230 e. The Balaban J connectivity index is 2.86. The van der Waals surface area contributed by atoms with Gasteiger partial charge in [0, 0.05) is 27.3 Å². The molecular weight excluding hydrogens is 244 g/mol. The van der Waals surface area contributed by atoms with E-state index in [0.29, 0.717) is 0 Å². The molecule has 17 heavy (non-hydrogen) atoms. The quantitative estimate of drug-likeness (QED) is 0.695. The monoisotopic (exact) mass is 262 g/mol. The highest BCUT2D eigenvalue weighted by Gasteiger charge is 2.41. The third-order valence-corrected chi connectivity index (χ3v) is 5.20. The summed E-state index contributed by atoms with van der Waals surface area (Å²) < 4.78 is 35.9. The second-order valence-corrected chi connectivity index (χ2v) is 6.05. The molecular formula is C10H18N2O4S. The van der Waals surface area contributed by atoms with Crippen LogP contribution in [0.15, 0.2) is 0 Å². The van der Waals surface area contributed by atoms with Gasteiger partial charge in [-0.15, -0.1) is 0 Å². The Bertz CT molecular complexity index is 378. The van der Waals surface area contributed by atoms with E-state index in [-0.39, 0.29) is 31.7 Å². The van der Waals surface area contributed by atoms with Crippen molar-refractivity contribution in [3.05, 3.63) is 0 Å². The maximum atomic E-state index is 12.1. The molecule has 1 heterocycles. The standard InChI is InChI=1S/C10H18N2O4S/c1-4-8(5-11)17(13,14)12-6-9(15-2)10(7-12)16-3/h8-10H,4,6-7H2,1-3H3. The van der Waals surface area contributed by atoms with Crippen LogP contribution in [-0.2, 0) is 19.5 Å². The number of hydrogen-bond acceptors (Lipinski definition) is 5. The van der Waals surface area contributed by atoms with Crippen LogP contribution >= 0.6 is 0 Å². The predicted molar refractivity (Wildman–Crippen MR) is 61.8 cm³/mol. The third kappa shape index (κ3) is 2.77. The second-order valence-electron chi connectivity index (χ2n) is 3.94. The third-order valence-electron chi connectivity index (χ3n) is 3.02. The van der Waals surface area contributed by atoms with Crippen molar-refractivity contribution in [1.29, 1.82) is 5.26 Å². The van der Waals surface area contributed by atoms with Crippen LogP contribution in [0.25, 0.3) is 0 Å². The number of sulfonamides is 1. The molecule has 1 aliphatic heterocycles. The van der Waals surface area contributed by atoms with E-state index < -0.39 is 15.3 Å². The minimum absolute atomic E-state index is 0.246. The lowest BCUT2D eigenvalue weighted by Gasteiger charge is -2.18. The van der Waals surface area contributed by atoms with Gasteiger partial charge in [-0.05, 0) is 6.42 Å². The van der Waals surface area contributed by atoms with Gasteiger partial charge in [0.1, 0.15) is 0 Å². The van der Waals surface area contributed by atoms with E-state index in [2.05, 4.69) is 0 Å². The van der Waals surface area contributed by atoms with Crippen LogP contribution < -0.4 is 0 Å². The molecule has 0 aromatic rings. The molecule has 0 aliphatic carbocycles. The van der Waals surface area contributed by atoms with Crippen LogP contribution in [-0.4, -0.2) is 57.5 Å². The number of nitriles is 1. The second kappa shape index (κ2) is 5.78. The van der Waals surface area contributed by atoms with Crippen LogP contribution in [0.5, 0.6) is 0 Å². The smallest absolute Gasteiger partial charge is 0.230 e. The molecule has 1 fully saturated rings. The largest absolute Gasteiger partial charge is 0.377 e. The fourth-order valence-electron chi connectivity index (χ4n) is 1.92. The van der Waals surface area contributed by atoms with E-state index in [1.54, 1.807) is 6.92 Å². The van der Waals surface area contributed by atoms with Gasteiger partial charge in [0.25, 0.3) is 0 Å². The maximum absolute atomic E-state index is 12.1. The zero-order chi connectivity index (χ0) is 13.1. The number of hydrogen-bond donors (Lipinski definition) is 0. The molecule has 3 atom stereocenters. The lowest BCUT2D eigenvalue weighted by Crippen LogP contribution is -2.37. The average Bonchev–Trinajstić information content (AvgIpc) is 2.73. The first-order valence-electron chi connectivity index (χ1n) is 5.45. The Hall–Kier alpha value is -0.680. The molecule has 0 aromatic heterocycles. The summed E-state index contributed by atoms with van der Waals surface area (Å²) in [7, 11) is -0.530. The van der Waals surface area contributed by atoms with E-state index in [1.807, 2.05) is 6.07 Å². The molecule has 0 aromatic carbocycles. The molecule has 1 rings (SSSR count). The molecule has 7 heteroatoms. The Morgan fingerprint density at radius 3 is 2.12 bits per heavy atom. The molecule has 0 bridgehead atoms. The van der Waals surface area contributed by atoms with Crippen molar-refractivity contribution in [2.45, 2.75) is 30.8 Å². The zero-order valence-corrected chi connectivity index (χ0v) is 11.1. The van der Waals surface area contributed by atoms with Crippen LogP contribution in [0.3, 0.4) is 0 Å². The lowest BCUT2D eigenvalue weighted by molar-refractivity contribution is -0.00461. The normalized spacial score (nSPS) is 27.9. The molecule has 0 spiro atoms. The molecule has 0 amide bonds. The molecule has 0 saturated carbocycles. The van der Waals surface area contributed by atoms with Crippen LogP contribution in [0, 0.1) is 11.3 Å². The van der Waals surface area contributed by atoms with Crippen molar-refractivity contribution in [3.8, 4) is 6.07 Å². The van der Waals surface area contributed by atoms with E-state index in [9.17, 15) is 8.42 Å². The highest BCUT2D eigenvalue weighted by Crippen LogP contribution is 2.22. The zero-order valence-electron chi connectivity index (χ0n) is 10.3. The summed E-state index contributed by atoms with van der Waals surface area (Å²) >= 11 is 0. The molecule has 98 valence electrons. The first-order chi connectivity index (χ1) is 8.01. The van der Waals surface area contributed by atoms with Crippen molar-refractivity contribution in [3.63, 3.8) is 0 Å². The van der Waals surface area contributed by atoms with Gasteiger partial charge in [0.15, 0.2) is 5.25 Å². The molecule has 6 nitrogen and oxygen atoms in total. The fraction of sp³-hybridized carbons (Fsp3) is 0.900. The summed E-state index contributed by atoms with van der Waals surface area (Å²) in [4.78, 5) is 0. The van der Waals surface area contributed by atoms with Gasteiger partial charge >= 0.3 is 0 Å². The van der Waals surface area contributed by atoms with Crippen molar-refractivity contribution in [2.75, 3.05) is 27.3 Å². The number of rotatable bonds is 5. The van der Waals surface area contributed by atoms with Gasteiger partial charge in [-0.1, -0.05) is 6.92 Å². The van der Waals surface area contributed by atoms with Crippen LogP contribution in [0.4, 0.5) is 0 Å². The van der Waals surface area contributed by atoms with Crippen molar-refractivity contribution < 1.29 is 17.9 Å². The van der Waals surface area contributed by atoms with Gasteiger partial charge in [0.2, 0.25) is 10.0 Å². The van der Waals surface area contributed by atoms with Crippen molar-refractivity contribution in [2.24, 2.45) is 0 Å². The van der Waals surface area contributed by atoms with Crippen molar-refractivity contribution in [1.82, 2.24) is 4.31 Å². The van der Waals surface area contributed by atoms with Gasteiger partial charge in [-0.3, -0.25) is 0 Å². The summed E-state index contributed by atoms with van der Waals surface area (Å²) in [6, 6.07) is 1.82. The number of nitrogens with zero attached hydrogens (tertiary/aromatic N) is 2. The summed E-state index contributed by atoms with van der Waals surface area (Å²) in [5.74, 6) is 0. The Morgan fingerprint density at radius 2 is 1.82 bits per heavy atom. The molecule has 0 radical (unpaired) electrons.